The maximum Gasteiger partial charge on any atom is 0.137 e. The molecule has 0 radical (unpaired) electrons. The van der Waals surface area contributed by atoms with Crippen molar-refractivity contribution in [3.63, 3.8) is 0 Å². The van der Waals surface area contributed by atoms with Crippen LogP contribution >= 0.6 is 11.6 Å². The Hall–Kier alpha value is -1.41. The quantitative estimate of drug-likeness (QED) is 0.777. The summed E-state index contributed by atoms with van der Waals surface area (Å²) in [5.74, 6) is 0.797. The van der Waals surface area contributed by atoms with Crippen molar-refractivity contribution in [3.8, 4) is 17.1 Å². The predicted molar refractivity (Wildman–Crippen MR) is 55.6 cm³/mol. The second-order valence-corrected chi connectivity index (χ2v) is 3.50. The van der Waals surface area contributed by atoms with Crippen LogP contribution in [-0.2, 0) is 0 Å². The van der Waals surface area contributed by atoms with Crippen LogP contribution in [0.15, 0.2) is 34.9 Å². The molecule has 0 atom stereocenters. The Morgan fingerprint density at radius 3 is 2.79 bits per heavy atom. The van der Waals surface area contributed by atoms with Gasteiger partial charge in [0.1, 0.15) is 11.5 Å². The predicted octanol–water partition coefficient (Wildman–Crippen LogP) is 3.61. The molecule has 2 aromatic rings. The van der Waals surface area contributed by atoms with Gasteiger partial charge in [0.2, 0.25) is 0 Å². The first-order valence-corrected chi connectivity index (χ1v) is 4.59. The lowest BCUT2D eigenvalue weighted by Crippen LogP contribution is -1.80. The Bertz CT molecular complexity index is 447. The van der Waals surface area contributed by atoms with Gasteiger partial charge in [0, 0.05) is 5.02 Å². The Morgan fingerprint density at radius 1 is 1.36 bits per heavy atom. The van der Waals surface area contributed by atoms with Gasteiger partial charge in [-0.3, -0.25) is 0 Å². The molecule has 0 fully saturated rings. The Morgan fingerprint density at radius 2 is 2.14 bits per heavy atom. The monoisotopic (exact) mass is 208 g/mol. The molecule has 0 saturated heterocycles. The number of rotatable bonds is 1. The van der Waals surface area contributed by atoms with Gasteiger partial charge < -0.3 is 9.52 Å². The highest BCUT2D eigenvalue weighted by Gasteiger charge is 2.09. The van der Waals surface area contributed by atoms with Crippen LogP contribution in [0.1, 0.15) is 5.56 Å². The van der Waals surface area contributed by atoms with E-state index in [1.165, 1.54) is 0 Å². The van der Waals surface area contributed by atoms with Gasteiger partial charge in [0.05, 0.1) is 11.8 Å². The van der Waals surface area contributed by atoms with Gasteiger partial charge in [-0.05, 0) is 36.8 Å². The summed E-state index contributed by atoms with van der Waals surface area (Å²) in [5.41, 5.74) is 1.46. The average Bonchev–Trinajstić information content (AvgIpc) is 2.64. The third-order valence-corrected chi connectivity index (χ3v) is 2.47. The van der Waals surface area contributed by atoms with Crippen molar-refractivity contribution in [2.75, 3.05) is 0 Å². The third kappa shape index (κ3) is 1.49. The van der Waals surface area contributed by atoms with E-state index in [1.54, 1.807) is 30.5 Å². The number of aromatic hydroxyl groups is 1. The van der Waals surface area contributed by atoms with Gasteiger partial charge in [-0.15, -0.1) is 0 Å². The van der Waals surface area contributed by atoms with Crippen LogP contribution < -0.4 is 0 Å². The van der Waals surface area contributed by atoms with Gasteiger partial charge in [-0.25, -0.2) is 0 Å². The summed E-state index contributed by atoms with van der Waals surface area (Å²) < 4.78 is 5.18. The third-order valence-electron chi connectivity index (χ3n) is 2.06. The summed E-state index contributed by atoms with van der Waals surface area (Å²) in [6, 6.07) is 6.87. The second kappa shape index (κ2) is 3.39. The van der Waals surface area contributed by atoms with Crippen molar-refractivity contribution in [2.24, 2.45) is 0 Å². The number of benzene rings is 1. The molecule has 0 aliphatic carbocycles. The number of aryl methyl sites for hydroxylation is 1. The molecule has 0 aliphatic heterocycles. The molecule has 72 valence electrons. The van der Waals surface area contributed by atoms with Gasteiger partial charge >= 0.3 is 0 Å². The fourth-order valence-corrected chi connectivity index (χ4v) is 1.46. The molecule has 1 aromatic carbocycles. The average molecular weight is 209 g/mol. The molecule has 0 aliphatic rings. The van der Waals surface area contributed by atoms with E-state index in [-0.39, 0.29) is 5.75 Å². The van der Waals surface area contributed by atoms with Crippen LogP contribution in [0.2, 0.25) is 5.02 Å². The fourth-order valence-electron chi connectivity index (χ4n) is 1.30. The summed E-state index contributed by atoms with van der Waals surface area (Å²) in [5, 5.41) is 10.3. The van der Waals surface area contributed by atoms with Crippen molar-refractivity contribution < 1.29 is 9.52 Å². The summed E-state index contributed by atoms with van der Waals surface area (Å²) in [6.07, 6.45) is 1.56. The molecule has 0 bridgehead atoms. The number of furan rings is 1. The molecule has 0 unspecified atom stereocenters. The fraction of sp³-hybridized carbons (Fsp3) is 0.0909. The molecule has 3 heteroatoms. The van der Waals surface area contributed by atoms with E-state index in [0.717, 1.165) is 5.56 Å². The van der Waals surface area contributed by atoms with E-state index < -0.39 is 0 Å². The van der Waals surface area contributed by atoms with Crippen molar-refractivity contribution in [2.45, 2.75) is 6.92 Å². The first-order valence-electron chi connectivity index (χ1n) is 4.21. The zero-order chi connectivity index (χ0) is 10.1. The van der Waals surface area contributed by atoms with Gasteiger partial charge in [-0.1, -0.05) is 11.6 Å². The van der Waals surface area contributed by atoms with Gasteiger partial charge in [-0.2, -0.15) is 0 Å². The summed E-state index contributed by atoms with van der Waals surface area (Å²) in [6.45, 7) is 1.84. The maximum absolute atomic E-state index is 9.67. The van der Waals surface area contributed by atoms with Crippen molar-refractivity contribution >= 4 is 11.6 Å². The van der Waals surface area contributed by atoms with Gasteiger partial charge in [0.25, 0.3) is 0 Å². The zero-order valence-electron chi connectivity index (χ0n) is 7.62. The molecule has 2 rings (SSSR count). The molecular formula is C11H9ClO2. The number of phenolic OH excluding ortho intramolecular Hbond substituents is 1. The number of phenols is 1. The highest BCUT2D eigenvalue weighted by molar-refractivity contribution is 6.31. The number of halogens is 1. The molecule has 0 amide bonds. The highest BCUT2D eigenvalue weighted by Crippen LogP contribution is 2.33. The van der Waals surface area contributed by atoms with Crippen LogP contribution in [0.5, 0.6) is 5.75 Å². The molecule has 14 heavy (non-hydrogen) atoms. The lowest BCUT2D eigenvalue weighted by Gasteiger charge is -2.04. The van der Waals surface area contributed by atoms with Crippen LogP contribution in [0.25, 0.3) is 11.3 Å². The lowest BCUT2D eigenvalue weighted by molar-refractivity contribution is 0.473. The van der Waals surface area contributed by atoms with Crippen molar-refractivity contribution in [1.82, 2.24) is 0 Å². The molecule has 0 spiro atoms. The molecule has 1 heterocycles. The van der Waals surface area contributed by atoms with E-state index in [2.05, 4.69) is 0 Å². The Labute approximate surface area is 86.7 Å². The van der Waals surface area contributed by atoms with E-state index in [9.17, 15) is 5.11 Å². The SMILES string of the molecule is Cc1cc(O)c(-c2ccco2)cc1Cl. The minimum Gasteiger partial charge on any atom is -0.507 e. The Balaban J connectivity index is 2.60. The lowest BCUT2D eigenvalue weighted by atomic mass is 10.1. The molecular weight excluding hydrogens is 200 g/mol. The van der Waals surface area contributed by atoms with Crippen molar-refractivity contribution in [3.05, 3.63) is 41.1 Å². The summed E-state index contributed by atoms with van der Waals surface area (Å²) in [4.78, 5) is 0. The number of hydrogen-bond donors (Lipinski definition) is 1. The Kier molecular flexibility index (Phi) is 2.22. The number of hydrogen-bond acceptors (Lipinski definition) is 2. The van der Waals surface area contributed by atoms with E-state index in [1.807, 2.05) is 6.92 Å². The van der Waals surface area contributed by atoms with Crippen LogP contribution in [0, 0.1) is 6.92 Å². The smallest absolute Gasteiger partial charge is 0.137 e. The largest absolute Gasteiger partial charge is 0.507 e. The van der Waals surface area contributed by atoms with Gasteiger partial charge in [0.15, 0.2) is 0 Å². The van der Waals surface area contributed by atoms with Crippen LogP contribution in [0.3, 0.4) is 0 Å². The first kappa shape index (κ1) is 9.16. The van der Waals surface area contributed by atoms with E-state index in [0.29, 0.717) is 16.3 Å². The highest BCUT2D eigenvalue weighted by atomic mass is 35.5. The minimum absolute atomic E-state index is 0.182. The minimum atomic E-state index is 0.182. The second-order valence-electron chi connectivity index (χ2n) is 3.10. The van der Waals surface area contributed by atoms with E-state index in [4.69, 9.17) is 16.0 Å². The molecule has 1 aromatic heterocycles. The van der Waals surface area contributed by atoms with Crippen LogP contribution in [0.4, 0.5) is 0 Å². The topological polar surface area (TPSA) is 33.4 Å². The normalized spacial score (nSPS) is 10.4. The standard InChI is InChI=1S/C11H9ClO2/c1-7-5-10(13)8(6-9(7)12)11-3-2-4-14-11/h2-6,13H,1H3. The molecule has 1 N–H and O–H groups in total. The van der Waals surface area contributed by atoms with E-state index >= 15 is 0 Å². The zero-order valence-corrected chi connectivity index (χ0v) is 8.38. The summed E-state index contributed by atoms with van der Waals surface area (Å²) in [7, 11) is 0. The first-order chi connectivity index (χ1) is 6.68. The maximum atomic E-state index is 9.67. The molecule has 0 saturated carbocycles. The van der Waals surface area contributed by atoms with Crippen LogP contribution in [-0.4, -0.2) is 5.11 Å². The van der Waals surface area contributed by atoms with Crippen molar-refractivity contribution in [1.29, 1.82) is 0 Å². The summed E-state index contributed by atoms with van der Waals surface area (Å²) >= 11 is 5.95. The molecule has 2 nitrogen and oxygen atoms in total.